The van der Waals surface area contributed by atoms with Gasteiger partial charge in [0, 0.05) is 45.3 Å². The monoisotopic (exact) mass is 313 g/mol. The second-order valence-electron chi connectivity index (χ2n) is 7.79. The predicted octanol–water partition coefficient (Wildman–Crippen LogP) is 2.56. The van der Waals surface area contributed by atoms with Gasteiger partial charge in [0.1, 0.15) is 5.60 Å². The Kier molecular flexibility index (Phi) is 7.63. The van der Waals surface area contributed by atoms with Crippen LogP contribution in [-0.2, 0) is 4.74 Å². The third-order valence-electron chi connectivity index (χ3n) is 3.77. The lowest BCUT2D eigenvalue weighted by molar-refractivity contribution is 0.0146. The van der Waals surface area contributed by atoms with Crippen LogP contribution in [0.15, 0.2) is 0 Å². The summed E-state index contributed by atoms with van der Waals surface area (Å²) in [6.45, 7) is 17.9. The van der Waals surface area contributed by atoms with E-state index in [0.29, 0.717) is 6.04 Å². The number of nitrogens with one attached hydrogen (secondary N) is 1. The summed E-state index contributed by atoms with van der Waals surface area (Å²) in [5.74, 6) is 0.736. The standard InChI is InChI=1S/C17H35N3O2/c1-14(2)13-15(3)18-7-8-19-9-11-20(12-10-19)16(21)22-17(4,5)6/h14-15,18H,7-13H2,1-6H3. The van der Waals surface area contributed by atoms with Gasteiger partial charge in [0.2, 0.25) is 0 Å². The summed E-state index contributed by atoms with van der Waals surface area (Å²) >= 11 is 0. The van der Waals surface area contributed by atoms with Gasteiger partial charge in [-0.25, -0.2) is 4.79 Å². The molecule has 1 fully saturated rings. The van der Waals surface area contributed by atoms with Gasteiger partial charge in [0.25, 0.3) is 0 Å². The number of hydrogen-bond acceptors (Lipinski definition) is 4. The maximum atomic E-state index is 12.0. The van der Waals surface area contributed by atoms with Gasteiger partial charge in [-0.15, -0.1) is 0 Å². The van der Waals surface area contributed by atoms with Crippen LogP contribution in [0.5, 0.6) is 0 Å². The Labute approximate surface area is 136 Å². The van der Waals surface area contributed by atoms with Crippen molar-refractivity contribution in [3.63, 3.8) is 0 Å². The van der Waals surface area contributed by atoms with Crippen molar-refractivity contribution in [1.29, 1.82) is 0 Å². The molecule has 1 heterocycles. The molecule has 0 aliphatic carbocycles. The first-order valence-electron chi connectivity index (χ1n) is 8.61. The van der Waals surface area contributed by atoms with Crippen molar-refractivity contribution in [2.45, 2.75) is 59.6 Å². The summed E-state index contributed by atoms with van der Waals surface area (Å²) in [7, 11) is 0. The van der Waals surface area contributed by atoms with Crippen LogP contribution in [0.2, 0.25) is 0 Å². The Morgan fingerprint density at radius 1 is 1.14 bits per heavy atom. The molecule has 0 aromatic carbocycles. The molecular weight excluding hydrogens is 278 g/mol. The van der Waals surface area contributed by atoms with E-state index >= 15 is 0 Å². The van der Waals surface area contributed by atoms with E-state index in [1.54, 1.807) is 0 Å². The summed E-state index contributed by atoms with van der Waals surface area (Å²) in [5.41, 5.74) is -0.412. The number of rotatable bonds is 6. The molecule has 5 nitrogen and oxygen atoms in total. The fourth-order valence-electron chi connectivity index (χ4n) is 2.74. The Morgan fingerprint density at radius 3 is 2.23 bits per heavy atom. The molecule has 130 valence electrons. The molecule has 0 radical (unpaired) electrons. The van der Waals surface area contributed by atoms with Gasteiger partial charge in [0.15, 0.2) is 0 Å². The van der Waals surface area contributed by atoms with Gasteiger partial charge in [-0.05, 0) is 40.0 Å². The van der Waals surface area contributed by atoms with Crippen molar-refractivity contribution in [2.75, 3.05) is 39.3 Å². The highest BCUT2D eigenvalue weighted by Gasteiger charge is 2.25. The number of carbonyl (C=O) groups excluding carboxylic acids is 1. The predicted molar refractivity (Wildman–Crippen MR) is 91.2 cm³/mol. The van der Waals surface area contributed by atoms with Crippen molar-refractivity contribution < 1.29 is 9.53 Å². The first-order valence-corrected chi connectivity index (χ1v) is 8.61. The van der Waals surface area contributed by atoms with Crippen LogP contribution < -0.4 is 5.32 Å². The largest absolute Gasteiger partial charge is 0.444 e. The van der Waals surface area contributed by atoms with Gasteiger partial charge < -0.3 is 15.0 Å². The number of amides is 1. The van der Waals surface area contributed by atoms with E-state index in [-0.39, 0.29) is 6.09 Å². The normalized spacial score (nSPS) is 18.6. The van der Waals surface area contributed by atoms with E-state index in [1.165, 1.54) is 6.42 Å². The number of carbonyl (C=O) groups is 1. The quantitative estimate of drug-likeness (QED) is 0.818. The highest BCUT2D eigenvalue weighted by molar-refractivity contribution is 5.68. The van der Waals surface area contributed by atoms with Gasteiger partial charge >= 0.3 is 6.09 Å². The molecule has 5 heteroatoms. The van der Waals surface area contributed by atoms with Crippen LogP contribution >= 0.6 is 0 Å². The van der Waals surface area contributed by atoms with Crippen molar-refractivity contribution in [3.05, 3.63) is 0 Å². The summed E-state index contributed by atoms with van der Waals surface area (Å²) < 4.78 is 5.42. The molecule has 0 spiro atoms. The van der Waals surface area contributed by atoms with Crippen molar-refractivity contribution in [3.8, 4) is 0 Å². The maximum Gasteiger partial charge on any atom is 0.410 e. The zero-order chi connectivity index (χ0) is 16.8. The van der Waals surface area contributed by atoms with Crippen LogP contribution in [-0.4, -0.2) is 66.8 Å². The minimum absolute atomic E-state index is 0.184. The Hall–Kier alpha value is -0.810. The third kappa shape index (κ3) is 7.99. The fraction of sp³-hybridized carbons (Fsp3) is 0.941. The molecule has 1 aliphatic heterocycles. The SMILES string of the molecule is CC(C)CC(C)NCCN1CCN(C(=O)OC(C)(C)C)CC1. The summed E-state index contributed by atoms with van der Waals surface area (Å²) in [6, 6.07) is 0.572. The van der Waals surface area contributed by atoms with Gasteiger partial charge in [-0.1, -0.05) is 13.8 Å². The lowest BCUT2D eigenvalue weighted by atomic mass is 10.1. The van der Waals surface area contributed by atoms with Gasteiger partial charge in [-0.3, -0.25) is 4.90 Å². The average Bonchev–Trinajstić information content (AvgIpc) is 2.36. The number of ether oxygens (including phenoxy) is 1. The first-order chi connectivity index (χ1) is 10.2. The van der Waals surface area contributed by atoms with E-state index in [0.717, 1.165) is 45.2 Å². The van der Waals surface area contributed by atoms with Crippen LogP contribution in [0.25, 0.3) is 0 Å². The molecule has 0 bridgehead atoms. The average molecular weight is 313 g/mol. The molecule has 1 atom stereocenters. The molecule has 1 saturated heterocycles. The van der Waals surface area contributed by atoms with Crippen molar-refractivity contribution in [1.82, 2.24) is 15.1 Å². The van der Waals surface area contributed by atoms with Gasteiger partial charge in [0.05, 0.1) is 0 Å². The lowest BCUT2D eigenvalue weighted by Crippen LogP contribution is -2.51. The van der Waals surface area contributed by atoms with E-state index < -0.39 is 5.60 Å². The number of nitrogens with zero attached hydrogens (tertiary/aromatic N) is 2. The number of piperazine rings is 1. The third-order valence-corrected chi connectivity index (χ3v) is 3.77. The second-order valence-corrected chi connectivity index (χ2v) is 7.79. The van der Waals surface area contributed by atoms with Gasteiger partial charge in [-0.2, -0.15) is 0 Å². The summed E-state index contributed by atoms with van der Waals surface area (Å²) in [5, 5.41) is 3.58. The molecular formula is C17H35N3O2. The Balaban J connectivity index is 2.19. The van der Waals surface area contributed by atoms with Crippen LogP contribution in [0.1, 0.15) is 48.0 Å². The minimum atomic E-state index is -0.412. The number of hydrogen-bond donors (Lipinski definition) is 1. The van der Waals surface area contributed by atoms with E-state index in [2.05, 4.69) is 31.0 Å². The Morgan fingerprint density at radius 2 is 1.73 bits per heavy atom. The zero-order valence-electron chi connectivity index (χ0n) is 15.3. The molecule has 1 N–H and O–H groups in total. The van der Waals surface area contributed by atoms with Crippen LogP contribution in [0.4, 0.5) is 4.79 Å². The fourth-order valence-corrected chi connectivity index (χ4v) is 2.74. The van der Waals surface area contributed by atoms with E-state index in [1.807, 2.05) is 25.7 Å². The molecule has 0 aromatic rings. The molecule has 0 saturated carbocycles. The van der Waals surface area contributed by atoms with Crippen LogP contribution in [0, 0.1) is 5.92 Å². The van der Waals surface area contributed by atoms with Crippen LogP contribution in [0.3, 0.4) is 0 Å². The van der Waals surface area contributed by atoms with Crippen molar-refractivity contribution in [2.24, 2.45) is 5.92 Å². The zero-order valence-corrected chi connectivity index (χ0v) is 15.3. The topological polar surface area (TPSA) is 44.8 Å². The molecule has 1 aliphatic rings. The second kappa shape index (κ2) is 8.73. The first kappa shape index (κ1) is 19.2. The van der Waals surface area contributed by atoms with E-state index in [9.17, 15) is 4.79 Å². The Bertz CT molecular complexity index is 331. The van der Waals surface area contributed by atoms with E-state index in [4.69, 9.17) is 4.74 Å². The molecule has 1 rings (SSSR count). The molecule has 1 amide bonds. The highest BCUT2D eigenvalue weighted by atomic mass is 16.6. The summed E-state index contributed by atoms with van der Waals surface area (Å²) in [6.07, 6.45) is 1.03. The highest BCUT2D eigenvalue weighted by Crippen LogP contribution is 2.11. The summed E-state index contributed by atoms with van der Waals surface area (Å²) in [4.78, 5) is 16.2. The minimum Gasteiger partial charge on any atom is -0.444 e. The van der Waals surface area contributed by atoms with Crippen molar-refractivity contribution >= 4 is 6.09 Å². The molecule has 22 heavy (non-hydrogen) atoms. The molecule has 1 unspecified atom stereocenters. The maximum absolute atomic E-state index is 12.0. The molecule has 0 aromatic heterocycles. The smallest absolute Gasteiger partial charge is 0.410 e. The lowest BCUT2D eigenvalue weighted by Gasteiger charge is -2.35.